The number of aryl methyl sites for hydroxylation is 2. The van der Waals surface area contributed by atoms with Crippen LogP contribution >= 0.6 is 0 Å². The van der Waals surface area contributed by atoms with E-state index in [-0.39, 0.29) is 0 Å². The average Bonchev–Trinajstić information content (AvgIpc) is 3.99. The molecule has 13 aromatic rings. The van der Waals surface area contributed by atoms with Crippen LogP contribution in [0.5, 0.6) is 0 Å². The molecule has 0 spiro atoms. The Morgan fingerprint density at radius 1 is 0.284 bits per heavy atom. The van der Waals surface area contributed by atoms with Gasteiger partial charge in [-0.05, 0) is 185 Å². The number of hydrogen-bond donors (Lipinski definition) is 0. The van der Waals surface area contributed by atoms with Gasteiger partial charge in [0.25, 0.3) is 0 Å². The van der Waals surface area contributed by atoms with Crippen molar-refractivity contribution in [1.82, 2.24) is 0 Å². The fourth-order valence-electron chi connectivity index (χ4n) is 12.6. The lowest BCUT2D eigenvalue weighted by atomic mass is 9.86. The molecule has 0 unspecified atom stereocenters. The van der Waals surface area contributed by atoms with E-state index in [4.69, 9.17) is 8.83 Å². The minimum absolute atomic E-state index is 0.821. The summed E-state index contributed by atoms with van der Waals surface area (Å²) in [7, 11) is 0. The van der Waals surface area contributed by atoms with Crippen LogP contribution in [0.2, 0.25) is 0 Å². The number of hydrogen-bond acceptors (Lipinski definition) is 4. The maximum atomic E-state index is 6.79. The molecule has 354 valence electrons. The van der Waals surface area contributed by atoms with Crippen molar-refractivity contribution in [3.05, 3.63) is 241 Å². The van der Waals surface area contributed by atoms with Crippen molar-refractivity contribution in [1.29, 1.82) is 0 Å². The van der Waals surface area contributed by atoms with Gasteiger partial charge in [0.15, 0.2) is 0 Å². The van der Waals surface area contributed by atoms with Crippen molar-refractivity contribution in [2.24, 2.45) is 0 Å². The van der Waals surface area contributed by atoms with Crippen LogP contribution in [0, 0.1) is 0 Å². The number of nitrogens with zero attached hydrogens (tertiary/aromatic N) is 2. The summed E-state index contributed by atoms with van der Waals surface area (Å²) in [6, 6.07) is 80.3. The molecule has 74 heavy (non-hydrogen) atoms. The lowest BCUT2D eigenvalue weighted by Crippen LogP contribution is -2.16. The first-order valence-electron chi connectivity index (χ1n) is 26.5. The lowest BCUT2D eigenvalue weighted by molar-refractivity contribution is 0.656. The van der Waals surface area contributed by atoms with Gasteiger partial charge in [0.2, 0.25) is 0 Å². The molecule has 0 saturated heterocycles. The Bertz CT molecular complexity index is 4030. The van der Waals surface area contributed by atoms with E-state index in [0.717, 1.165) is 103 Å². The second kappa shape index (κ2) is 17.4. The summed E-state index contributed by atoms with van der Waals surface area (Å²) in [6.07, 6.45) is 9.21. The van der Waals surface area contributed by atoms with Crippen molar-refractivity contribution in [3.8, 4) is 22.3 Å². The molecule has 2 heterocycles. The predicted octanol–water partition coefficient (Wildman–Crippen LogP) is 19.8. The van der Waals surface area contributed by atoms with Gasteiger partial charge in [-0.3, -0.25) is 0 Å². The van der Waals surface area contributed by atoms with E-state index in [2.05, 4.69) is 228 Å². The van der Waals surface area contributed by atoms with E-state index in [0.29, 0.717) is 0 Å². The fourth-order valence-corrected chi connectivity index (χ4v) is 12.6. The van der Waals surface area contributed by atoms with Crippen LogP contribution in [0.4, 0.5) is 34.1 Å². The van der Waals surface area contributed by atoms with Gasteiger partial charge in [0.05, 0.1) is 11.4 Å². The second-order valence-corrected chi connectivity index (χ2v) is 20.5. The Hall–Kier alpha value is -8.86. The highest BCUT2D eigenvalue weighted by Gasteiger charge is 2.27. The van der Waals surface area contributed by atoms with Crippen LogP contribution in [0.3, 0.4) is 0 Å². The molecule has 2 aliphatic rings. The Kier molecular flexibility index (Phi) is 10.1. The van der Waals surface area contributed by atoms with Gasteiger partial charge in [-0.2, -0.15) is 0 Å². The van der Waals surface area contributed by atoms with Crippen molar-refractivity contribution in [2.75, 3.05) is 9.80 Å². The van der Waals surface area contributed by atoms with Gasteiger partial charge in [-0.15, -0.1) is 0 Å². The molecule has 4 heteroatoms. The fraction of sp³-hybridized carbons (Fsp3) is 0.114. The highest BCUT2D eigenvalue weighted by atomic mass is 16.3. The van der Waals surface area contributed by atoms with E-state index in [1.807, 2.05) is 0 Å². The first-order valence-corrected chi connectivity index (χ1v) is 26.5. The third-order valence-electron chi connectivity index (χ3n) is 16.1. The van der Waals surface area contributed by atoms with Crippen LogP contribution in [0.15, 0.2) is 227 Å². The van der Waals surface area contributed by atoms with Gasteiger partial charge in [-0.1, -0.05) is 133 Å². The van der Waals surface area contributed by atoms with Crippen LogP contribution in [-0.4, -0.2) is 0 Å². The maximum absolute atomic E-state index is 6.79. The second-order valence-electron chi connectivity index (χ2n) is 20.5. The van der Waals surface area contributed by atoms with E-state index in [1.54, 1.807) is 0 Å². The van der Waals surface area contributed by atoms with E-state index in [9.17, 15) is 0 Å². The monoisotopic (exact) mass is 952 g/mol. The molecular formula is C70H52N2O2. The molecule has 0 aliphatic heterocycles. The summed E-state index contributed by atoms with van der Waals surface area (Å²) in [4.78, 5) is 4.99. The molecular weight excluding hydrogens is 901 g/mol. The van der Waals surface area contributed by atoms with Crippen LogP contribution in [0.25, 0.3) is 87.7 Å². The average molecular weight is 953 g/mol. The van der Waals surface area contributed by atoms with E-state index >= 15 is 0 Å². The quantitative estimate of drug-likeness (QED) is 0.152. The zero-order chi connectivity index (χ0) is 48.7. The molecule has 11 aromatic carbocycles. The predicted molar refractivity (Wildman–Crippen MR) is 310 cm³/mol. The third-order valence-corrected chi connectivity index (χ3v) is 16.1. The Labute approximate surface area is 430 Å². The van der Waals surface area contributed by atoms with Crippen LogP contribution in [-0.2, 0) is 25.7 Å². The number of para-hydroxylation sites is 2. The molecule has 0 bridgehead atoms. The molecule has 4 nitrogen and oxygen atoms in total. The largest absolute Gasteiger partial charge is 0.456 e. The normalized spacial score (nSPS) is 13.5. The summed E-state index contributed by atoms with van der Waals surface area (Å²) in [6.45, 7) is 0. The van der Waals surface area contributed by atoms with Crippen LogP contribution in [0.1, 0.15) is 47.9 Å². The number of benzene rings is 11. The highest BCUT2D eigenvalue weighted by molar-refractivity contribution is 6.18. The molecule has 2 aliphatic carbocycles. The summed E-state index contributed by atoms with van der Waals surface area (Å²) in [5, 5.41) is 8.99. The molecule has 0 N–H and O–H groups in total. The summed E-state index contributed by atoms with van der Waals surface area (Å²) < 4.78 is 13.6. The standard InChI is InChI=1S/C70H52N2O2/c1-5-17-45(18-6-1)59-35-31-47-21-13-15-27-57(47)69(59)71(53-23-9-3-10-24-53)55-33-29-49-39-61-63-43-64-62-40-50-30-34-56(38-52(50)42-66(62)74-68(64)44-67(63)73-65(61)41-51(49)37-55)72(54-25-11-4-12-26-54)70-58-28-16-14-22-48(58)32-36-60(70)46-19-7-2-8-20-46/h1-12,17-20,23-26,29-44H,13-16,21-22,27-28H2. The van der Waals surface area contributed by atoms with Gasteiger partial charge in [0.1, 0.15) is 22.3 Å². The number of furan rings is 2. The molecule has 15 rings (SSSR count). The molecule has 0 radical (unpaired) electrons. The maximum Gasteiger partial charge on any atom is 0.139 e. The minimum atomic E-state index is 0.821. The number of fused-ring (bicyclic) bond motifs is 10. The molecule has 0 atom stereocenters. The van der Waals surface area contributed by atoms with Gasteiger partial charge in [-0.25, -0.2) is 0 Å². The molecule has 2 aromatic heterocycles. The first kappa shape index (κ1) is 42.8. The number of anilines is 6. The summed E-state index contributed by atoms with van der Waals surface area (Å²) >= 11 is 0. The zero-order valence-electron chi connectivity index (χ0n) is 41.2. The smallest absolute Gasteiger partial charge is 0.139 e. The summed E-state index contributed by atoms with van der Waals surface area (Å²) in [5.41, 5.74) is 21.3. The minimum Gasteiger partial charge on any atom is -0.456 e. The van der Waals surface area contributed by atoms with Crippen molar-refractivity contribution < 1.29 is 8.83 Å². The topological polar surface area (TPSA) is 32.8 Å². The van der Waals surface area contributed by atoms with Gasteiger partial charge < -0.3 is 18.6 Å². The van der Waals surface area contributed by atoms with Gasteiger partial charge in [0, 0.05) is 61.5 Å². The first-order chi connectivity index (χ1) is 36.7. The van der Waals surface area contributed by atoms with Crippen LogP contribution < -0.4 is 9.80 Å². The Morgan fingerprint density at radius 2 is 0.676 bits per heavy atom. The highest BCUT2D eigenvalue weighted by Crippen LogP contribution is 2.49. The molecule has 0 amide bonds. The Balaban J connectivity index is 0.840. The Morgan fingerprint density at radius 3 is 1.12 bits per heavy atom. The van der Waals surface area contributed by atoms with Crippen molar-refractivity contribution in [2.45, 2.75) is 51.4 Å². The molecule has 0 fully saturated rings. The third kappa shape index (κ3) is 7.11. The van der Waals surface area contributed by atoms with Crippen molar-refractivity contribution >= 4 is 99.5 Å². The SMILES string of the molecule is c1ccc(-c2ccc3c(c2N(c2ccccc2)c2ccc4cc5c(cc4c2)oc2cc4oc6cc7cc(N(c8ccccc8)c8c(-c9ccccc9)ccc9c8CCCC9)ccc7cc6c4cc25)CCCC3)cc1. The van der Waals surface area contributed by atoms with Crippen molar-refractivity contribution in [3.63, 3.8) is 0 Å². The van der Waals surface area contributed by atoms with Gasteiger partial charge >= 0.3 is 0 Å². The van der Waals surface area contributed by atoms with E-state index in [1.165, 1.54) is 92.3 Å². The number of rotatable bonds is 8. The zero-order valence-corrected chi connectivity index (χ0v) is 41.2. The molecule has 0 saturated carbocycles. The van der Waals surface area contributed by atoms with E-state index < -0.39 is 0 Å². The lowest BCUT2D eigenvalue weighted by Gasteiger charge is -2.33. The summed E-state index contributed by atoms with van der Waals surface area (Å²) in [5.74, 6) is 0.